The number of amides is 1. The van der Waals surface area contributed by atoms with E-state index in [1.165, 1.54) is 22.5 Å². The lowest BCUT2D eigenvalue weighted by molar-refractivity contribution is -0.385. The van der Waals surface area contributed by atoms with Crippen LogP contribution in [0.1, 0.15) is 21.7 Å². The van der Waals surface area contributed by atoms with Gasteiger partial charge in [-0.2, -0.15) is 4.31 Å². The first kappa shape index (κ1) is 22.6. The lowest BCUT2D eigenvalue weighted by atomic mass is 10.2. The van der Waals surface area contributed by atoms with Gasteiger partial charge in [0.2, 0.25) is 10.0 Å². The molecule has 1 aromatic carbocycles. The quantitative estimate of drug-likeness (QED) is 0.419. The van der Waals surface area contributed by atoms with Crippen LogP contribution >= 0.6 is 0 Å². The van der Waals surface area contributed by atoms with Gasteiger partial charge in [-0.1, -0.05) is 12.1 Å². The number of aryl methyl sites for hydroxylation is 1. The zero-order chi connectivity index (χ0) is 23.8. The van der Waals surface area contributed by atoms with Crippen LogP contribution in [0.3, 0.4) is 0 Å². The Bertz CT molecular complexity index is 1310. The molecule has 2 aromatic heterocycles. The number of piperazine rings is 1. The summed E-state index contributed by atoms with van der Waals surface area (Å²) in [5.41, 5.74) is 1.91. The van der Waals surface area contributed by atoms with Gasteiger partial charge < -0.3 is 9.47 Å². The number of hydrogen-bond donors (Lipinski definition) is 0. The van der Waals surface area contributed by atoms with Crippen molar-refractivity contribution in [2.24, 2.45) is 0 Å². The van der Waals surface area contributed by atoms with Gasteiger partial charge in [0.1, 0.15) is 5.82 Å². The Hall–Kier alpha value is -3.57. The van der Waals surface area contributed by atoms with Gasteiger partial charge in [0.05, 0.1) is 15.4 Å². The second-order valence-corrected chi connectivity index (χ2v) is 9.70. The molecule has 172 valence electrons. The van der Waals surface area contributed by atoms with Crippen LogP contribution in [0.25, 0.3) is 5.82 Å². The number of pyridine rings is 1. The molecule has 0 spiro atoms. The lowest BCUT2D eigenvalue weighted by Crippen LogP contribution is -2.50. The van der Waals surface area contributed by atoms with Gasteiger partial charge >= 0.3 is 0 Å². The van der Waals surface area contributed by atoms with Crippen LogP contribution in [0.4, 0.5) is 5.69 Å². The fourth-order valence-corrected chi connectivity index (χ4v) is 5.49. The highest BCUT2D eigenvalue weighted by atomic mass is 32.2. The highest BCUT2D eigenvalue weighted by molar-refractivity contribution is 7.89. The van der Waals surface area contributed by atoms with E-state index in [0.717, 1.165) is 23.3 Å². The molecule has 33 heavy (non-hydrogen) atoms. The summed E-state index contributed by atoms with van der Waals surface area (Å²) >= 11 is 0. The molecule has 10 nitrogen and oxygen atoms in total. The number of aromatic nitrogens is 2. The Kier molecular flexibility index (Phi) is 6.00. The topological polar surface area (TPSA) is 119 Å². The van der Waals surface area contributed by atoms with Crippen molar-refractivity contribution in [3.05, 3.63) is 81.8 Å². The molecule has 0 aliphatic carbocycles. The smallest absolute Gasteiger partial charge is 0.270 e. The Morgan fingerprint density at radius 3 is 2.39 bits per heavy atom. The third-order valence-corrected chi connectivity index (χ3v) is 7.63. The number of nitro groups is 1. The number of benzene rings is 1. The predicted octanol–water partition coefficient (Wildman–Crippen LogP) is 2.54. The Balaban J connectivity index is 1.50. The van der Waals surface area contributed by atoms with Crippen LogP contribution in [0.2, 0.25) is 0 Å². The van der Waals surface area contributed by atoms with Gasteiger partial charge in [0.25, 0.3) is 11.6 Å². The second kappa shape index (κ2) is 8.75. The molecular formula is C22H23N5O5S. The van der Waals surface area contributed by atoms with Gasteiger partial charge in [-0.05, 0) is 38.1 Å². The summed E-state index contributed by atoms with van der Waals surface area (Å²) in [5.74, 6) is 0.553. The highest BCUT2D eigenvalue weighted by Crippen LogP contribution is 2.24. The summed E-state index contributed by atoms with van der Waals surface area (Å²) in [4.78, 5) is 29.4. The fraction of sp³-hybridized carbons (Fsp3) is 0.273. The lowest BCUT2D eigenvalue weighted by Gasteiger charge is -2.34. The average Bonchev–Trinajstić information content (AvgIpc) is 3.13. The Morgan fingerprint density at radius 2 is 1.76 bits per heavy atom. The van der Waals surface area contributed by atoms with Crippen molar-refractivity contribution in [3.8, 4) is 5.82 Å². The maximum absolute atomic E-state index is 13.2. The van der Waals surface area contributed by atoms with Crippen molar-refractivity contribution in [1.82, 2.24) is 18.8 Å². The van der Waals surface area contributed by atoms with Crippen molar-refractivity contribution in [2.75, 3.05) is 26.2 Å². The molecule has 0 saturated carbocycles. The van der Waals surface area contributed by atoms with Crippen molar-refractivity contribution in [1.29, 1.82) is 0 Å². The van der Waals surface area contributed by atoms with E-state index in [0.29, 0.717) is 5.56 Å². The van der Waals surface area contributed by atoms with Crippen LogP contribution in [0.15, 0.2) is 59.6 Å². The number of carbonyl (C=O) groups excluding carboxylic acids is 1. The summed E-state index contributed by atoms with van der Waals surface area (Å²) in [6.45, 7) is 4.42. The van der Waals surface area contributed by atoms with Crippen LogP contribution in [0.5, 0.6) is 0 Å². The van der Waals surface area contributed by atoms with Gasteiger partial charge in [0, 0.05) is 55.9 Å². The first-order valence-electron chi connectivity index (χ1n) is 10.3. The molecular weight excluding hydrogens is 446 g/mol. The summed E-state index contributed by atoms with van der Waals surface area (Å²) in [6, 6.07) is 12.4. The van der Waals surface area contributed by atoms with Gasteiger partial charge in [-0.25, -0.2) is 13.4 Å². The minimum Gasteiger partial charge on any atom is -0.336 e. The molecule has 0 unspecified atom stereocenters. The molecule has 1 aliphatic heterocycles. The van der Waals surface area contributed by atoms with E-state index in [1.807, 2.05) is 42.7 Å². The molecule has 0 N–H and O–H groups in total. The fourth-order valence-electron chi connectivity index (χ4n) is 4.03. The van der Waals surface area contributed by atoms with E-state index in [-0.39, 0.29) is 42.7 Å². The molecule has 1 amide bonds. The van der Waals surface area contributed by atoms with E-state index in [9.17, 15) is 23.3 Å². The third kappa shape index (κ3) is 4.24. The number of non-ortho nitro benzene ring substituents is 1. The van der Waals surface area contributed by atoms with Crippen LogP contribution in [-0.4, -0.2) is 64.2 Å². The molecule has 1 fully saturated rings. The number of sulfonamides is 1. The van der Waals surface area contributed by atoms with Crippen molar-refractivity contribution < 1.29 is 18.1 Å². The minimum absolute atomic E-state index is 0.107. The van der Waals surface area contributed by atoms with Crippen LogP contribution < -0.4 is 0 Å². The van der Waals surface area contributed by atoms with Gasteiger partial charge in [-0.3, -0.25) is 14.9 Å². The predicted molar refractivity (Wildman–Crippen MR) is 121 cm³/mol. The first-order chi connectivity index (χ1) is 15.7. The zero-order valence-electron chi connectivity index (χ0n) is 18.2. The molecule has 3 heterocycles. The molecule has 1 aliphatic rings. The first-order valence-corrected chi connectivity index (χ1v) is 11.8. The maximum Gasteiger partial charge on any atom is 0.270 e. The van der Waals surface area contributed by atoms with E-state index >= 15 is 0 Å². The number of nitrogens with zero attached hydrogens (tertiary/aromatic N) is 5. The molecule has 1 saturated heterocycles. The summed E-state index contributed by atoms with van der Waals surface area (Å²) in [5, 5.41) is 11.0. The second-order valence-electron chi connectivity index (χ2n) is 7.76. The number of hydrogen-bond acceptors (Lipinski definition) is 6. The van der Waals surface area contributed by atoms with Crippen LogP contribution in [-0.2, 0) is 10.0 Å². The van der Waals surface area contributed by atoms with E-state index < -0.39 is 14.9 Å². The van der Waals surface area contributed by atoms with Crippen molar-refractivity contribution >= 4 is 21.6 Å². The largest absolute Gasteiger partial charge is 0.336 e. The number of nitro benzene ring substituents is 1. The van der Waals surface area contributed by atoms with Crippen molar-refractivity contribution in [3.63, 3.8) is 0 Å². The molecule has 0 radical (unpaired) electrons. The van der Waals surface area contributed by atoms with Crippen molar-refractivity contribution in [2.45, 2.75) is 18.7 Å². The normalized spacial score (nSPS) is 14.9. The molecule has 0 bridgehead atoms. The molecule has 0 atom stereocenters. The summed E-state index contributed by atoms with van der Waals surface area (Å²) in [7, 11) is -3.90. The SMILES string of the molecule is Cc1cc(C(=O)N2CCN(S(=O)(=O)c3cccc([N+](=O)[O-])c3)CC2)c(C)n1-c1ccccn1. The van der Waals surface area contributed by atoms with Crippen LogP contribution in [0, 0.1) is 24.0 Å². The van der Waals surface area contributed by atoms with E-state index in [1.54, 1.807) is 11.1 Å². The maximum atomic E-state index is 13.2. The van der Waals surface area contributed by atoms with Gasteiger partial charge in [0.15, 0.2) is 0 Å². The Morgan fingerprint density at radius 1 is 1.03 bits per heavy atom. The number of rotatable bonds is 5. The number of carbonyl (C=O) groups is 1. The average molecular weight is 470 g/mol. The molecule has 11 heteroatoms. The monoisotopic (exact) mass is 469 g/mol. The van der Waals surface area contributed by atoms with E-state index in [4.69, 9.17) is 0 Å². The Labute approximate surface area is 191 Å². The molecule has 3 aromatic rings. The minimum atomic E-state index is -3.90. The summed E-state index contributed by atoms with van der Waals surface area (Å²) in [6.07, 6.45) is 1.69. The van der Waals surface area contributed by atoms with Gasteiger partial charge in [-0.15, -0.1) is 0 Å². The third-order valence-electron chi connectivity index (χ3n) is 5.73. The van der Waals surface area contributed by atoms with E-state index in [2.05, 4.69) is 4.98 Å². The zero-order valence-corrected chi connectivity index (χ0v) is 19.0. The highest BCUT2D eigenvalue weighted by Gasteiger charge is 2.32. The standard InChI is InChI=1S/C22H23N5O5S/c1-16-14-20(17(2)26(16)21-8-3-4-9-23-21)22(28)24-10-12-25(13-11-24)33(31,32)19-7-5-6-18(15-19)27(29)30/h3-9,14-15H,10-13H2,1-2H3. The summed E-state index contributed by atoms with van der Waals surface area (Å²) < 4.78 is 29.1. The molecule has 4 rings (SSSR count).